The first-order valence-electron chi connectivity index (χ1n) is 6.09. The molecule has 0 aromatic heterocycles. The van der Waals surface area contributed by atoms with Crippen molar-refractivity contribution in [3.05, 3.63) is 0 Å². The van der Waals surface area contributed by atoms with Gasteiger partial charge < -0.3 is 5.73 Å². The monoisotopic (exact) mass is 233 g/mol. The molecule has 0 aliphatic carbocycles. The third kappa shape index (κ3) is 11.7. The van der Waals surface area contributed by atoms with Crippen LogP contribution in [0.25, 0.3) is 0 Å². The predicted molar refractivity (Wildman–Crippen MR) is 66.1 cm³/mol. The minimum atomic E-state index is -0.247. The summed E-state index contributed by atoms with van der Waals surface area (Å²) in [5, 5.41) is 0.128. The van der Waals surface area contributed by atoms with Crippen LogP contribution in [-0.2, 0) is 4.79 Å². The maximum atomic E-state index is 10.5. The minimum Gasteiger partial charge on any atom is -0.370 e. The lowest BCUT2D eigenvalue weighted by Gasteiger charge is -2.07. The molecular formula is C12H24ClNO. The van der Waals surface area contributed by atoms with Gasteiger partial charge in [0.2, 0.25) is 5.91 Å². The predicted octanol–water partition coefficient (Wildman–Crippen LogP) is 3.61. The third-order valence-electron chi connectivity index (χ3n) is 2.57. The molecule has 15 heavy (non-hydrogen) atoms. The maximum Gasteiger partial charge on any atom is 0.217 e. The molecule has 0 aromatic carbocycles. The topological polar surface area (TPSA) is 43.1 Å². The van der Waals surface area contributed by atoms with Gasteiger partial charge in [-0.05, 0) is 12.8 Å². The van der Waals surface area contributed by atoms with Crippen molar-refractivity contribution in [2.24, 2.45) is 5.73 Å². The Hall–Kier alpha value is -0.240. The van der Waals surface area contributed by atoms with E-state index in [9.17, 15) is 4.79 Å². The number of carbonyl (C=O) groups excluding carboxylic acids is 1. The van der Waals surface area contributed by atoms with E-state index in [1.165, 1.54) is 38.5 Å². The van der Waals surface area contributed by atoms with Crippen LogP contribution in [0.15, 0.2) is 0 Å². The Morgan fingerprint density at radius 3 is 2.33 bits per heavy atom. The zero-order chi connectivity index (χ0) is 11.5. The second-order valence-corrected chi connectivity index (χ2v) is 4.78. The summed E-state index contributed by atoms with van der Waals surface area (Å²) in [6.45, 7) is 2.22. The van der Waals surface area contributed by atoms with Gasteiger partial charge in [-0.3, -0.25) is 4.79 Å². The molecule has 1 amide bonds. The summed E-state index contributed by atoms with van der Waals surface area (Å²) in [4.78, 5) is 10.5. The van der Waals surface area contributed by atoms with E-state index in [0.29, 0.717) is 6.42 Å². The third-order valence-corrected chi connectivity index (χ3v) is 3.01. The van der Waals surface area contributed by atoms with Crippen LogP contribution in [0, 0.1) is 0 Å². The van der Waals surface area contributed by atoms with Crippen LogP contribution >= 0.6 is 11.6 Å². The summed E-state index contributed by atoms with van der Waals surface area (Å²) in [5.41, 5.74) is 5.05. The number of primary amides is 1. The van der Waals surface area contributed by atoms with E-state index in [-0.39, 0.29) is 11.3 Å². The molecule has 0 fully saturated rings. The number of carbonyl (C=O) groups is 1. The number of alkyl halides is 1. The number of unbranched alkanes of at least 4 members (excludes halogenated alkanes) is 5. The lowest BCUT2D eigenvalue weighted by Crippen LogP contribution is -2.12. The summed E-state index contributed by atoms with van der Waals surface area (Å²) < 4.78 is 0. The second-order valence-electron chi connectivity index (χ2n) is 4.16. The SMILES string of the molecule is CCCCCCCCC(Cl)CCC(N)=O. The van der Waals surface area contributed by atoms with E-state index in [4.69, 9.17) is 17.3 Å². The average molecular weight is 234 g/mol. The zero-order valence-electron chi connectivity index (χ0n) is 9.80. The number of hydrogen-bond donors (Lipinski definition) is 1. The Bertz CT molecular complexity index is 162. The normalized spacial score (nSPS) is 12.7. The summed E-state index contributed by atoms with van der Waals surface area (Å²) in [5.74, 6) is -0.247. The Morgan fingerprint density at radius 1 is 1.13 bits per heavy atom. The maximum absolute atomic E-state index is 10.5. The summed E-state index contributed by atoms with van der Waals surface area (Å²) >= 11 is 6.06. The van der Waals surface area contributed by atoms with Crippen molar-refractivity contribution in [2.45, 2.75) is 70.1 Å². The molecule has 3 heteroatoms. The molecule has 2 nitrogen and oxygen atoms in total. The van der Waals surface area contributed by atoms with Crippen molar-refractivity contribution >= 4 is 17.5 Å². The van der Waals surface area contributed by atoms with E-state index in [1.807, 2.05) is 0 Å². The van der Waals surface area contributed by atoms with Crippen molar-refractivity contribution in [2.75, 3.05) is 0 Å². The van der Waals surface area contributed by atoms with Crippen LogP contribution in [0.3, 0.4) is 0 Å². The van der Waals surface area contributed by atoms with Crippen LogP contribution in [0.2, 0.25) is 0 Å². The largest absolute Gasteiger partial charge is 0.370 e. The van der Waals surface area contributed by atoms with Crippen LogP contribution in [-0.4, -0.2) is 11.3 Å². The van der Waals surface area contributed by atoms with Gasteiger partial charge in [-0.2, -0.15) is 0 Å². The molecule has 0 bridgehead atoms. The fourth-order valence-electron chi connectivity index (χ4n) is 1.59. The lowest BCUT2D eigenvalue weighted by atomic mass is 10.1. The number of hydrogen-bond acceptors (Lipinski definition) is 1. The van der Waals surface area contributed by atoms with Gasteiger partial charge >= 0.3 is 0 Å². The number of amides is 1. The van der Waals surface area contributed by atoms with Crippen LogP contribution in [0.4, 0.5) is 0 Å². The van der Waals surface area contributed by atoms with Gasteiger partial charge in [-0.25, -0.2) is 0 Å². The van der Waals surface area contributed by atoms with Crippen LogP contribution < -0.4 is 5.73 Å². The molecule has 0 aromatic rings. The first-order valence-corrected chi connectivity index (χ1v) is 6.52. The Labute approximate surface area is 98.6 Å². The minimum absolute atomic E-state index is 0.128. The van der Waals surface area contributed by atoms with Crippen molar-refractivity contribution < 1.29 is 4.79 Å². The highest BCUT2D eigenvalue weighted by atomic mass is 35.5. The number of nitrogens with two attached hydrogens (primary N) is 1. The molecule has 0 rings (SSSR count). The molecule has 1 unspecified atom stereocenters. The fraction of sp³-hybridized carbons (Fsp3) is 0.917. The van der Waals surface area contributed by atoms with Gasteiger partial charge in [-0.1, -0.05) is 45.4 Å². The summed E-state index contributed by atoms with van der Waals surface area (Å²) in [7, 11) is 0. The van der Waals surface area contributed by atoms with Gasteiger partial charge in [0.25, 0.3) is 0 Å². The number of halogens is 1. The second kappa shape index (κ2) is 10.3. The fourth-order valence-corrected chi connectivity index (χ4v) is 1.85. The average Bonchev–Trinajstić information content (AvgIpc) is 2.20. The Morgan fingerprint density at radius 2 is 1.73 bits per heavy atom. The van der Waals surface area contributed by atoms with E-state index < -0.39 is 0 Å². The van der Waals surface area contributed by atoms with E-state index in [2.05, 4.69) is 6.92 Å². The molecule has 1 atom stereocenters. The van der Waals surface area contributed by atoms with E-state index in [1.54, 1.807) is 0 Å². The van der Waals surface area contributed by atoms with E-state index in [0.717, 1.165) is 12.8 Å². The Kier molecular flexibility index (Phi) is 10.1. The molecule has 0 heterocycles. The molecule has 0 aliphatic rings. The molecule has 0 spiro atoms. The summed E-state index contributed by atoms with van der Waals surface area (Å²) in [6, 6.07) is 0. The van der Waals surface area contributed by atoms with Gasteiger partial charge in [0.05, 0.1) is 0 Å². The first-order chi connectivity index (χ1) is 7.16. The lowest BCUT2D eigenvalue weighted by molar-refractivity contribution is -0.118. The number of rotatable bonds is 10. The van der Waals surface area contributed by atoms with Crippen molar-refractivity contribution in [3.63, 3.8) is 0 Å². The highest BCUT2D eigenvalue weighted by Crippen LogP contribution is 2.15. The quantitative estimate of drug-likeness (QED) is 0.455. The molecular weight excluding hydrogens is 210 g/mol. The molecule has 0 aliphatic heterocycles. The molecule has 2 N–H and O–H groups in total. The smallest absolute Gasteiger partial charge is 0.217 e. The van der Waals surface area contributed by atoms with Crippen LogP contribution in [0.1, 0.15) is 64.7 Å². The van der Waals surface area contributed by atoms with Gasteiger partial charge in [0.15, 0.2) is 0 Å². The first kappa shape index (κ1) is 14.8. The van der Waals surface area contributed by atoms with Crippen molar-refractivity contribution in [1.82, 2.24) is 0 Å². The summed E-state index contributed by atoms with van der Waals surface area (Å²) in [6.07, 6.45) is 9.88. The highest BCUT2D eigenvalue weighted by Gasteiger charge is 2.05. The van der Waals surface area contributed by atoms with Crippen molar-refractivity contribution in [3.8, 4) is 0 Å². The Balaban J connectivity index is 3.16. The van der Waals surface area contributed by atoms with Gasteiger partial charge in [-0.15, -0.1) is 11.6 Å². The van der Waals surface area contributed by atoms with Crippen molar-refractivity contribution in [1.29, 1.82) is 0 Å². The molecule has 0 radical (unpaired) electrons. The van der Waals surface area contributed by atoms with Gasteiger partial charge in [0.1, 0.15) is 0 Å². The highest BCUT2D eigenvalue weighted by molar-refractivity contribution is 6.20. The van der Waals surface area contributed by atoms with Gasteiger partial charge in [0, 0.05) is 11.8 Å². The molecule has 90 valence electrons. The standard InChI is InChI=1S/C12H24ClNO/c1-2-3-4-5-6-7-8-11(13)9-10-12(14)15/h11H,2-10H2,1H3,(H2,14,15). The van der Waals surface area contributed by atoms with Crippen LogP contribution in [0.5, 0.6) is 0 Å². The zero-order valence-corrected chi connectivity index (χ0v) is 10.6. The molecule has 0 saturated heterocycles. The van der Waals surface area contributed by atoms with E-state index >= 15 is 0 Å². The molecule has 0 saturated carbocycles.